The van der Waals surface area contributed by atoms with Gasteiger partial charge >= 0.3 is 5.97 Å². The summed E-state index contributed by atoms with van der Waals surface area (Å²) in [5.74, 6) is -0.495. The van der Waals surface area contributed by atoms with Gasteiger partial charge in [0.25, 0.3) is 0 Å². The number of hydrogen-bond acceptors (Lipinski definition) is 2. The Hall–Kier alpha value is -1.09. The summed E-state index contributed by atoms with van der Waals surface area (Å²) in [7, 11) is 0. The van der Waals surface area contributed by atoms with Gasteiger partial charge in [0.1, 0.15) is 0 Å². The zero-order valence-corrected chi connectivity index (χ0v) is 10.4. The summed E-state index contributed by atoms with van der Waals surface area (Å²) in [6, 6.07) is 0. The normalized spacial score (nSPS) is 33.8. The molecule has 0 amide bonds. The third-order valence-electron chi connectivity index (χ3n) is 4.19. The molecule has 3 heteroatoms. The van der Waals surface area contributed by atoms with Crippen molar-refractivity contribution >= 4 is 5.97 Å². The lowest BCUT2D eigenvalue weighted by Crippen LogP contribution is -2.26. The molecule has 0 aromatic rings. The van der Waals surface area contributed by atoms with Gasteiger partial charge in [-0.3, -0.25) is 0 Å². The first kappa shape index (κ1) is 12.4. The number of fused-ring (bicyclic) bond motifs is 1. The number of hydrogen-bond donors (Lipinski definition) is 2. The quantitative estimate of drug-likeness (QED) is 0.572. The lowest BCUT2D eigenvalue weighted by atomic mass is 9.75. The van der Waals surface area contributed by atoms with Crippen molar-refractivity contribution in [3.63, 3.8) is 0 Å². The van der Waals surface area contributed by atoms with Crippen molar-refractivity contribution in [3.8, 4) is 0 Å². The third kappa shape index (κ3) is 2.29. The van der Waals surface area contributed by atoms with Crippen LogP contribution in [-0.2, 0) is 4.79 Å². The molecule has 1 unspecified atom stereocenters. The molecule has 2 rings (SSSR count). The van der Waals surface area contributed by atoms with Crippen molar-refractivity contribution in [3.05, 3.63) is 22.8 Å². The number of carboxylic acid groups (broad SMARTS) is 1. The number of carbonyl (C=O) groups is 1. The van der Waals surface area contributed by atoms with Crippen molar-refractivity contribution in [2.24, 2.45) is 11.8 Å². The van der Waals surface area contributed by atoms with E-state index >= 15 is 0 Å². The molecular formula is C14H20O3. The van der Waals surface area contributed by atoms with Gasteiger partial charge in [0.05, 0.1) is 6.10 Å². The average Bonchev–Trinajstić information content (AvgIpc) is 2.66. The second-order valence-electron chi connectivity index (χ2n) is 5.29. The second kappa shape index (κ2) is 4.65. The van der Waals surface area contributed by atoms with E-state index in [2.05, 4.69) is 6.92 Å². The summed E-state index contributed by atoms with van der Waals surface area (Å²) in [5.41, 5.74) is 3.18. The summed E-state index contributed by atoms with van der Waals surface area (Å²) >= 11 is 0. The predicted molar refractivity (Wildman–Crippen MR) is 65.5 cm³/mol. The lowest BCUT2D eigenvalue weighted by Gasteiger charge is -2.31. The fraction of sp³-hybridized carbons (Fsp3) is 0.643. The predicted octanol–water partition coefficient (Wildman–Crippen LogP) is 2.51. The maximum Gasteiger partial charge on any atom is 0.330 e. The molecule has 2 aliphatic rings. The van der Waals surface area contributed by atoms with E-state index in [9.17, 15) is 9.90 Å². The molecule has 2 N–H and O–H groups in total. The fourth-order valence-electron chi connectivity index (χ4n) is 3.23. The Morgan fingerprint density at radius 2 is 2.06 bits per heavy atom. The van der Waals surface area contributed by atoms with Crippen LogP contribution in [0.5, 0.6) is 0 Å². The van der Waals surface area contributed by atoms with Crippen LogP contribution in [0.1, 0.15) is 39.5 Å². The van der Waals surface area contributed by atoms with Crippen LogP contribution in [0.2, 0.25) is 0 Å². The Morgan fingerprint density at radius 3 is 2.71 bits per heavy atom. The highest BCUT2D eigenvalue weighted by molar-refractivity contribution is 5.85. The molecule has 2 aliphatic carbocycles. The van der Waals surface area contributed by atoms with Crippen molar-refractivity contribution < 1.29 is 15.0 Å². The molecule has 0 aliphatic heterocycles. The highest BCUT2D eigenvalue weighted by atomic mass is 16.4. The minimum absolute atomic E-state index is 0.165. The van der Waals surface area contributed by atoms with E-state index in [0.29, 0.717) is 5.57 Å². The van der Waals surface area contributed by atoms with Gasteiger partial charge in [0, 0.05) is 11.5 Å². The molecule has 0 aromatic carbocycles. The van der Waals surface area contributed by atoms with E-state index in [-0.39, 0.29) is 17.9 Å². The zero-order chi connectivity index (χ0) is 12.6. The van der Waals surface area contributed by atoms with Crippen LogP contribution in [0.3, 0.4) is 0 Å². The summed E-state index contributed by atoms with van der Waals surface area (Å²) in [4.78, 5) is 10.9. The maximum absolute atomic E-state index is 10.9. The van der Waals surface area contributed by atoms with Gasteiger partial charge in [-0.05, 0) is 45.4 Å². The average molecular weight is 236 g/mol. The third-order valence-corrected chi connectivity index (χ3v) is 4.19. The van der Waals surface area contributed by atoms with Crippen LogP contribution in [0.25, 0.3) is 0 Å². The van der Waals surface area contributed by atoms with E-state index in [0.717, 1.165) is 25.7 Å². The minimum atomic E-state index is -0.856. The molecular weight excluding hydrogens is 216 g/mol. The molecule has 0 bridgehead atoms. The molecule has 3 nitrogen and oxygen atoms in total. The van der Waals surface area contributed by atoms with E-state index in [4.69, 9.17) is 5.11 Å². The van der Waals surface area contributed by atoms with Crippen molar-refractivity contribution in [1.82, 2.24) is 0 Å². The van der Waals surface area contributed by atoms with E-state index in [1.54, 1.807) is 6.92 Å². The molecule has 0 aromatic heterocycles. The maximum atomic E-state index is 10.9. The number of aliphatic hydroxyl groups is 1. The molecule has 3 atom stereocenters. The highest BCUT2D eigenvalue weighted by Gasteiger charge is 2.38. The summed E-state index contributed by atoms with van der Waals surface area (Å²) in [6.07, 6.45) is 5.35. The zero-order valence-electron chi connectivity index (χ0n) is 10.4. The second-order valence-corrected chi connectivity index (χ2v) is 5.29. The van der Waals surface area contributed by atoms with Crippen molar-refractivity contribution in [2.45, 2.75) is 45.6 Å². The van der Waals surface area contributed by atoms with Gasteiger partial charge in [-0.25, -0.2) is 4.79 Å². The van der Waals surface area contributed by atoms with E-state index in [1.165, 1.54) is 11.1 Å². The van der Waals surface area contributed by atoms with Crippen LogP contribution in [0, 0.1) is 11.8 Å². The first-order valence-corrected chi connectivity index (χ1v) is 6.29. The molecule has 0 radical (unpaired) electrons. The van der Waals surface area contributed by atoms with Gasteiger partial charge in [0.15, 0.2) is 0 Å². The van der Waals surface area contributed by atoms with Crippen molar-refractivity contribution in [1.29, 1.82) is 0 Å². The van der Waals surface area contributed by atoms with Gasteiger partial charge in [-0.15, -0.1) is 0 Å². The molecule has 1 saturated carbocycles. The fourth-order valence-corrected chi connectivity index (χ4v) is 3.23. The Balaban J connectivity index is 2.26. The summed E-state index contributed by atoms with van der Waals surface area (Å²) in [5, 5.41) is 19.0. The van der Waals surface area contributed by atoms with Crippen LogP contribution in [-0.4, -0.2) is 22.3 Å². The number of aliphatic carboxylic acids is 1. The SMILES string of the molecule is CC1=C2CCC(O)[C@@H]2[C@H](/C=C(\C)C(=O)O)CC1. The highest BCUT2D eigenvalue weighted by Crippen LogP contribution is 2.45. The molecule has 1 fully saturated rings. The largest absolute Gasteiger partial charge is 0.478 e. The van der Waals surface area contributed by atoms with Crippen LogP contribution >= 0.6 is 0 Å². The Kier molecular flexibility index (Phi) is 3.38. The number of rotatable bonds is 2. The Morgan fingerprint density at radius 1 is 1.35 bits per heavy atom. The number of carboxylic acids is 1. The minimum Gasteiger partial charge on any atom is -0.478 e. The van der Waals surface area contributed by atoms with E-state index < -0.39 is 5.97 Å². The van der Waals surface area contributed by atoms with Gasteiger partial charge in [-0.1, -0.05) is 17.2 Å². The number of aliphatic hydroxyl groups excluding tert-OH is 1. The monoisotopic (exact) mass is 236 g/mol. The smallest absolute Gasteiger partial charge is 0.330 e. The Labute approximate surface area is 102 Å². The first-order chi connectivity index (χ1) is 8.00. The molecule has 0 saturated heterocycles. The van der Waals surface area contributed by atoms with Crippen LogP contribution in [0.4, 0.5) is 0 Å². The lowest BCUT2D eigenvalue weighted by molar-refractivity contribution is -0.132. The van der Waals surface area contributed by atoms with Crippen molar-refractivity contribution in [2.75, 3.05) is 0 Å². The van der Waals surface area contributed by atoms with Crippen LogP contribution < -0.4 is 0 Å². The van der Waals surface area contributed by atoms with Gasteiger partial charge < -0.3 is 10.2 Å². The van der Waals surface area contributed by atoms with Gasteiger partial charge in [-0.2, -0.15) is 0 Å². The number of allylic oxidation sites excluding steroid dienone is 2. The van der Waals surface area contributed by atoms with E-state index in [1.807, 2.05) is 6.08 Å². The molecule has 0 spiro atoms. The summed E-state index contributed by atoms with van der Waals surface area (Å²) in [6.45, 7) is 3.78. The molecule has 17 heavy (non-hydrogen) atoms. The standard InChI is InChI=1S/C14H20O3/c1-8-3-4-10(7-9(2)14(16)17)13-11(8)5-6-12(13)15/h7,10,12-13,15H,3-6H2,1-2H3,(H,16,17)/b9-7+/t10-,12?,13+/m0/s1. The molecule has 0 heterocycles. The van der Waals surface area contributed by atoms with Crippen LogP contribution in [0.15, 0.2) is 22.8 Å². The summed E-state index contributed by atoms with van der Waals surface area (Å²) < 4.78 is 0. The topological polar surface area (TPSA) is 57.5 Å². The first-order valence-electron chi connectivity index (χ1n) is 6.29. The van der Waals surface area contributed by atoms with Gasteiger partial charge in [0.2, 0.25) is 0 Å². The Bertz CT molecular complexity index is 392. The molecule has 94 valence electrons.